The summed E-state index contributed by atoms with van der Waals surface area (Å²) in [7, 11) is 1.68. The first kappa shape index (κ1) is 15.9. The van der Waals surface area contributed by atoms with Crippen molar-refractivity contribution in [3.8, 4) is 5.75 Å². The van der Waals surface area contributed by atoms with Gasteiger partial charge in [-0.2, -0.15) is 0 Å². The number of rotatable bonds is 4. The third-order valence-corrected chi connectivity index (χ3v) is 4.44. The molecular weight excluding hydrogens is 296 g/mol. The molecule has 2 nitrogen and oxygen atoms in total. The van der Waals surface area contributed by atoms with Crippen molar-refractivity contribution in [2.45, 2.75) is 38.6 Å². The lowest BCUT2D eigenvalue weighted by molar-refractivity contribution is -0.00151. The Morgan fingerprint density at radius 3 is 2.52 bits per heavy atom. The molecule has 2 atom stereocenters. The average Bonchev–Trinajstić information content (AvgIpc) is 2.82. The van der Waals surface area contributed by atoms with Crippen LogP contribution in [0.5, 0.6) is 5.75 Å². The molecule has 0 amide bonds. The van der Waals surface area contributed by atoms with E-state index in [1.54, 1.807) is 20.0 Å². The molecule has 23 heavy (non-hydrogen) atoms. The summed E-state index contributed by atoms with van der Waals surface area (Å²) >= 11 is 0. The first-order chi connectivity index (χ1) is 10.9. The Kier molecular flexibility index (Phi) is 4.11. The highest BCUT2D eigenvalue weighted by Crippen LogP contribution is 2.37. The largest absolute Gasteiger partial charge is 0.472 e. The van der Waals surface area contributed by atoms with Crippen molar-refractivity contribution in [2.24, 2.45) is 0 Å². The van der Waals surface area contributed by atoms with E-state index >= 15 is 4.39 Å². The van der Waals surface area contributed by atoms with Crippen LogP contribution in [0.2, 0.25) is 0 Å². The molecule has 2 aromatic carbocycles. The van der Waals surface area contributed by atoms with Crippen LogP contribution in [0.25, 0.3) is 0 Å². The fraction of sp³-hybridized carbons (Fsp3) is 0.368. The molecule has 122 valence electrons. The number of ether oxygens (including phenoxy) is 1. The second-order valence-corrected chi connectivity index (χ2v) is 6.36. The molecule has 0 heterocycles. The van der Waals surface area contributed by atoms with Crippen molar-refractivity contribution in [3.63, 3.8) is 0 Å². The van der Waals surface area contributed by atoms with E-state index in [0.717, 1.165) is 16.7 Å². The van der Waals surface area contributed by atoms with E-state index in [1.807, 2.05) is 25.1 Å². The van der Waals surface area contributed by atoms with Crippen molar-refractivity contribution in [1.29, 1.82) is 0 Å². The van der Waals surface area contributed by atoms with Crippen LogP contribution in [0.4, 0.5) is 8.78 Å². The standard InChI is InChI=1S/C19H21F2NO/c1-12-4-5-14-10-19(21,11-15(14)8-12)18(22-3)23-17-7-6-16(20)9-13(17)2/h4-9,18,22H,10-11H2,1-3H3. The van der Waals surface area contributed by atoms with Gasteiger partial charge < -0.3 is 4.74 Å². The number of aryl methyl sites for hydroxylation is 2. The zero-order valence-electron chi connectivity index (χ0n) is 13.6. The van der Waals surface area contributed by atoms with E-state index in [0.29, 0.717) is 24.2 Å². The molecule has 1 aliphatic rings. The van der Waals surface area contributed by atoms with Gasteiger partial charge in [0.1, 0.15) is 11.6 Å². The number of fused-ring (bicyclic) bond motifs is 1. The van der Waals surface area contributed by atoms with Crippen LogP contribution >= 0.6 is 0 Å². The number of alkyl halides is 1. The van der Waals surface area contributed by atoms with Crippen LogP contribution in [0.1, 0.15) is 22.3 Å². The predicted octanol–water partition coefficient (Wildman–Crippen LogP) is 3.87. The summed E-state index contributed by atoms with van der Waals surface area (Å²) in [6.07, 6.45) is -0.163. The lowest BCUT2D eigenvalue weighted by Gasteiger charge is -2.30. The molecule has 0 fully saturated rings. The number of nitrogens with one attached hydrogen (secondary N) is 1. The monoisotopic (exact) mass is 317 g/mol. The van der Waals surface area contributed by atoms with Crippen molar-refractivity contribution < 1.29 is 13.5 Å². The molecular formula is C19H21F2NO. The minimum Gasteiger partial charge on any atom is -0.472 e. The van der Waals surface area contributed by atoms with Crippen molar-refractivity contribution in [3.05, 3.63) is 64.5 Å². The Bertz CT molecular complexity index is 731. The molecule has 0 radical (unpaired) electrons. The van der Waals surface area contributed by atoms with Crippen molar-refractivity contribution in [1.82, 2.24) is 5.32 Å². The van der Waals surface area contributed by atoms with Crippen LogP contribution in [-0.2, 0) is 12.8 Å². The highest BCUT2D eigenvalue weighted by Gasteiger charge is 2.45. The highest BCUT2D eigenvalue weighted by atomic mass is 19.1. The molecule has 0 aromatic heterocycles. The molecule has 2 aromatic rings. The fourth-order valence-corrected chi connectivity index (χ4v) is 3.27. The topological polar surface area (TPSA) is 21.3 Å². The second-order valence-electron chi connectivity index (χ2n) is 6.36. The Hall–Kier alpha value is -1.94. The number of hydrogen-bond donors (Lipinski definition) is 1. The molecule has 4 heteroatoms. The maximum absolute atomic E-state index is 15.5. The van der Waals surface area contributed by atoms with E-state index in [4.69, 9.17) is 4.74 Å². The van der Waals surface area contributed by atoms with Gasteiger partial charge in [0.25, 0.3) is 0 Å². The normalized spacial score (nSPS) is 21.1. The quantitative estimate of drug-likeness (QED) is 0.864. The zero-order valence-corrected chi connectivity index (χ0v) is 13.6. The van der Waals surface area contributed by atoms with Crippen LogP contribution in [-0.4, -0.2) is 18.9 Å². The summed E-state index contributed by atoms with van der Waals surface area (Å²) in [6.45, 7) is 3.76. The fourth-order valence-electron chi connectivity index (χ4n) is 3.27. The van der Waals surface area contributed by atoms with E-state index in [1.165, 1.54) is 12.1 Å². The van der Waals surface area contributed by atoms with E-state index < -0.39 is 11.9 Å². The average molecular weight is 317 g/mol. The Labute approximate surface area is 135 Å². The van der Waals surface area contributed by atoms with Gasteiger partial charge in [-0.3, -0.25) is 5.32 Å². The van der Waals surface area contributed by atoms with E-state index in [9.17, 15) is 4.39 Å². The summed E-state index contributed by atoms with van der Waals surface area (Å²) in [6, 6.07) is 10.3. The van der Waals surface area contributed by atoms with Crippen LogP contribution in [0.3, 0.4) is 0 Å². The van der Waals surface area contributed by atoms with Crippen molar-refractivity contribution in [2.75, 3.05) is 7.05 Å². The van der Waals surface area contributed by atoms with Gasteiger partial charge in [-0.15, -0.1) is 0 Å². The Morgan fingerprint density at radius 2 is 1.83 bits per heavy atom. The van der Waals surface area contributed by atoms with Gasteiger partial charge in [0.15, 0.2) is 11.9 Å². The summed E-state index contributed by atoms with van der Waals surface area (Å²) in [5.74, 6) is 0.171. The molecule has 0 saturated heterocycles. The summed E-state index contributed by atoms with van der Waals surface area (Å²) in [5, 5.41) is 2.93. The maximum Gasteiger partial charge on any atom is 0.184 e. The first-order valence-electron chi connectivity index (χ1n) is 7.79. The molecule has 0 aliphatic heterocycles. The molecule has 0 saturated carbocycles. The molecule has 1 N–H and O–H groups in total. The van der Waals surface area contributed by atoms with Gasteiger partial charge in [-0.25, -0.2) is 8.78 Å². The van der Waals surface area contributed by atoms with E-state index in [2.05, 4.69) is 5.32 Å². The van der Waals surface area contributed by atoms with Gasteiger partial charge in [0, 0.05) is 12.8 Å². The summed E-state index contributed by atoms with van der Waals surface area (Å²) in [5.41, 5.74) is 2.32. The molecule has 3 rings (SSSR count). The molecule has 1 aliphatic carbocycles. The Morgan fingerprint density at radius 1 is 1.09 bits per heavy atom. The minimum absolute atomic E-state index is 0.314. The third kappa shape index (κ3) is 3.08. The van der Waals surface area contributed by atoms with Gasteiger partial charge in [-0.05, 0) is 55.8 Å². The van der Waals surface area contributed by atoms with Gasteiger partial charge >= 0.3 is 0 Å². The smallest absolute Gasteiger partial charge is 0.184 e. The van der Waals surface area contributed by atoms with Crippen LogP contribution in [0, 0.1) is 19.7 Å². The Balaban J connectivity index is 1.84. The van der Waals surface area contributed by atoms with Gasteiger partial charge in [0.2, 0.25) is 0 Å². The van der Waals surface area contributed by atoms with Crippen molar-refractivity contribution >= 4 is 0 Å². The van der Waals surface area contributed by atoms with Gasteiger partial charge in [0.05, 0.1) is 0 Å². The first-order valence-corrected chi connectivity index (χ1v) is 7.79. The number of halogens is 2. The predicted molar refractivity (Wildman–Crippen MR) is 87.0 cm³/mol. The number of benzene rings is 2. The molecule has 0 spiro atoms. The highest BCUT2D eigenvalue weighted by molar-refractivity contribution is 5.39. The summed E-state index contributed by atoms with van der Waals surface area (Å²) in [4.78, 5) is 0. The molecule has 0 bridgehead atoms. The zero-order chi connectivity index (χ0) is 16.6. The van der Waals surface area contributed by atoms with Gasteiger partial charge in [-0.1, -0.05) is 23.8 Å². The molecule has 2 unspecified atom stereocenters. The lowest BCUT2D eigenvalue weighted by atomic mass is 10.00. The van der Waals surface area contributed by atoms with Crippen LogP contribution < -0.4 is 10.1 Å². The number of hydrogen-bond acceptors (Lipinski definition) is 2. The third-order valence-electron chi connectivity index (χ3n) is 4.44. The summed E-state index contributed by atoms with van der Waals surface area (Å²) < 4.78 is 34.6. The maximum atomic E-state index is 15.5. The van der Waals surface area contributed by atoms with E-state index in [-0.39, 0.29) is 5.82 Å². The van der Waals surface area contributed by atoms with Crippen LogP contribution in [0.15, 0.2) is 36.4 Å². The lowest BCUT2D eigenvalue weighted by Crippen LogP contribution is -2.51. The minimum atomic E-state index is -1.52. The SMILES string of the molecule is CNC(Oc1ccc(F)cc1C)C1(F)Cc2ccc(C)cc2C1. The second kappa shape index (κ2) is 5.93.